The molecule has 27 heavy (non-hydrogen) atoms. The van der Waals surface area contributed by atoms with Crippen LogP contribution in [-0.2, 0) is 16.1 Å². The van der Waals surface area contributed by atoms with E-state index in [1.54, 1.807) is 13.1 Å². The fourth-order valence-electron chi connectivity index (χ4n) is 3.96. The Morgan fingerprint density at radius 1 is 1.19 bits per heavy atom. The fraction of sp³-hybridized carbons (Fsp3) is 0.526. The first kappa shape index (κ1) is 19.8. The van der Waals surface area contributed by atoms with Crippen LogP contribution in [0, 0.1) is 11.7 Å². The maximum atomic E-state index is 14.0. The summed E-state index contributed by atoms with van der Waals surface area (Å²) >= 11 is 6.05. The lowest BCUT2D eigenvalue weighted by Crippen LogP contribution is -3.09. The first-order chi connectivity index (χ1) is 12.8. The zero-order valence-electron chi connectivity index (χ0n) is 15.5. The predicted octanol–water partition coefficient (Wildman–Crippen LogP) is 1.82. The summed E-state index contributed by atoms with van der Waals surface area (Å²) in [4.78, 5) is 40.4. The van der Waals surface area contributed by atoms with Crippen molar-refractivity contribution in [3.63, 3.8) is 0 Å². The molecule has 1 aromatic carbocycles. The minimum Gasteiger partial charge on any atom is -0.316 e. The van der Waals surface area contributed by atoms with Crippen molar-refractivity contribution in [2.75, 3.05) is 13.7 Å². The summed E-state index contributed by atoms with van der Waals surface area (Å²) in [5.41, 5.74) is 0.319. The van der Waals surface area contributed by atoms with E-state index in [2.05, 4.69) is 0 Å². The Labute approximate surface area is 162 Å². The Morgan fingerprint density at radius 2 is 1.89 bits per heavy atom. The van der Waals surface area contributed by atoms with Crippen molar-refractivity contribution in [1.82, 2.24) is 9.80 Å². The molecule has 1 aliphatic carbocycles. The molecule has 6 nitrogen and oxygen atoms in total. The van der Waals surface area contributed by atoms with Gasteiger partial charge in [0.2, 0.25) is 0 Å². The van der Waals surface area contributed by atoms with Crippen LogP contribution in [-0.4, -0.2) is 47.4 Å². The Hall–Kier alpha value is -1.99. The molecule has 1 saturated carbocycles. The van der Waals surface area contributed by atoms with Gasteiger partial charge in [-0.15, -0.1) is 0 Å². The average molecular weight is 397 g/mol. The van der Waals surface area contributed by atoms with Gasteiger partial charge in [0, 0.05) is 6.04 Å². The molecule has 0 radical (unpaired) electrons. The minimum atomic E-state index is -0.809. The molecule has 3 atom stereocenters. The summed E-state index contributed by atoms with van der Waals surface area (Å²) in [7, 11) is 1.72. The van der Waals surface area contributed by atoms with Crippen LogP contribution in [0.5, 0.6) is 0 Å². The number of nitrogens with zero attached hydrogens (tertiary/aromatic N) is 2. The highest BCUT2D eigenvalue weighted by Gasteiger charge is 2.50. The minimum absolute atomic E-state index is 0.0222. The molecule has 3 rings (SSSR count). The maximum Gasteiger partial charge on any atom is 0.338 e. The number of hydrogen-bond donors (Lipinski definition) is 1. The highest BCUT2D eigenvalue weighted by Crippen LogP contribution is 2.31. The van der Waals surface area contributed by atoms with Gasteiger partial charge < -0.3 is 4.90 Å². The third-order valence-corrected chi connectivity index (χ3v) is 5.80. The van der Waals surface area contributed by atoms with Crippen molar-refractivity contribution in [1.29, 1.82) is 0 Å². The number of amides is 4. The molecule has 8 heteroatoms. The first-order valence-corrected chi connectivity index (χ1v) is 9.62. The van der Waals surface area contributed by atoms with Crippen LogP contribution in [0.3, 0.4) is 0 Å². The van der Waals surface area contributed by atoms with Gasteiger partial charge in [-0.2, -0.15) is 0 Å². The van der Waals surface area contributed by atoms with Gasteiger partial charge in [-0.1, -0.05) is 37.4 Å². The smallest absolute Gasteiger partial charge is 0.316 e. The number of urea groups is 1. The van der Waals surface area contributed by atoms with Gasteiger partial charge in [0.05, 0.1) is 17.6 Å². The van der Waals surface area contributed by atoms with Gasteiger partial charge in [0.15, 0.2) is 6.67 Å². The van der Waals surface area contributed by atoms with Gasteiger partial charge in [-0.25, -0.2) is 14.1 Å². The van der Waals surface area contributed by atoms with Crippen molar-refractivity contribution in [3.8, 4) is 0 Å². The van der Waals surface area contributed by atoms with Crippen LogP contribution in [0.4, 0.5) is 9.18 Å². The summed E-state index contributed by atoms with van der Waals surface area (Å²) in [6.45, 7) is 2.18. The monoisotopic (exact) mass is 396 g/mol. The summed E-state index contributed by atoms with van der Waals surface area (Å²) in [5.74, 6) is -1.82. The summed E-state index contributed by atoms with van der Waals surface area (Å²) in [6, 6.07) is 3.63. The molecule has 1 aromatic rings. The standard InChI is InChI=1S/C19H23ClFN3O3/c1-12-6-3-4-9-16(12)24-18(26)17(25)23(19(24)27)11-22(2)10-13-14(20)7-5-8-15(13)21/h5,7-8,12,16H,3-4,6,9-11H2,1-2H3/p+1/t12-,16-/m1/s1. The van der Waals surface area contributed by atoms with Crippen molar-refractivity contribution < 1.29 is 23.7 Å². The van der Waals surface area contributed by atoms with E-state index >= 15 is 0 Å². The predicted molar refractivity (Wildman–Crippen MR) is 97.4 cm³/mol. The lowest BCUT2D eigenvalue weighted by atomic mass is 9.85. The summed E-state index contributed by atoms with van der Waals surface area (Å²) < 4.78 is 14.0. The van der Waals surface area contributed by atoms with Gasteiger partial charge in [-0.05, 0) is 30.9 Å². The van der Waals surface area contributed by atoms with E-state index in [1.807, 2.05) is 6.92 Å². The molecule has 146 valence electrons. The lowest BCUT2D eigenvalue weighted by Gasteiger charge is -2.34. The quantitative estimate of drug-likeness (QED) is 0.610. The van der Waals surface area contributed by atoms with Crippen LogP contribution < -0.4 is 4.90 Å². The third-order valence-electron chi connectivity index (χ3n) is 5.45. The normalized spacial score (nSPS) is 24.7. The molecular formula is C19H24ClFN3O3+. The summed E-state index contributed by atoms with van der Waals surface area (Å²) in [5, 5.41) is 0.294. The van der Waals surface area contributed by atoms with E-state index in [1.165, 1.54) is 12.1 Å². The van der Waals surface area contributed by atoms with Crippen LogP contribution in [0.15, 0.2) is 18.2 Å². The van der Waals surface area contributed by atoms with Crippen LogP contribution in [0.25, 0.3) is 0 Å². The number of quaternary nitrogens is 1. The molecular weight excluding hydrogens is 373 g/mol. The number of rotatable bonds is 5. The number of hydrogen-bond acceptors (Lipinski definition) is 3. The topological polar surface area (TPSA) is 62.1 Å². The van der Waals surface area contributed by atoms with Gasteiger partial charge in [-0.3, -0.25) is 14.5 Å². The lowest BCUT2D eigenvalue weighted by molar-refractivity contribution is -0.901. The van der Waals surface area contributed by atoms with Crippen LogP contribution in [0.1, 0.15) is 38.2 Å². The molecule has 4 amide bonds. The molecule has 0 bridgehead atoms. The number of nitrogens with one attached hydrogen (secondary N) is 1. The zero-order valence-corrected chi connectivity index (χ0v) is 16.3. The zero-order chi connectivity index (χ0) is 19.7. The number of carbonyl (C=O) groups is 3. The van der Waals surface area contributed by atoms with Gasteiger partial charge >= 0.3 is 17.8 Å². The molecule has 1 heterocycles. The van der Waals surface area contributed by atoms with E-state index in [0.717, 1.165) is 35.5 Å². The van der Waals surface area contributed by atoms with Crippen LogP contribution >= 0.6 is 11.6 Å². The van der Waals surface area contributed by atoms with E-state index in [0.29, 0.717) is 15.5 Å². The molecule has 2 fully saturated rings. The molecule has 1 N–H and O–H groups in total. The second-order valence-corrected chi connectivity index (χ2v) is 7.92. The van der Waals surface area contributed by atoms with Crippen molar-refractivity contribution >= 4 is 29.4 Å². The van der Waals surface area contributed by atoms with Crippen molar-refractivity contribution in [2.45, 2.75) is 45.2 Å². The van der Waals surface area contributed by atoms with Crippen molar-refractivity contribution in [3.05, 3.63) is 34.6 Å². The Bertz CT molecular complexity index is 752. The second-order valence-electron chi connectivity index (χ2n) is 7.51. The SMILES string of the molecule is C[C@@H]1CCCC[C@H]1N1C(=O)C(=O)N(C[NH+](C)Cc2c(F)cccc2Cl)C1=O. The maximum absolute atomic E-state index is 14.0. The first-order valence-electron chi connectivity index (χ1n) is 9.24. The molecule has 0 spiro atoms. The molecule has 0 aromatic heterocycles. The Balaban J connectivity index is 1.72. The number of imide groups is 2. The highest BCUT2D eigenvalue weighted by molar-refractivity contribution is 6.44. The molecule has 1 saturated heterocycles. The second kappa shape index (κ2) is 7.94. The average Bonchev–Trinajstić information content (AvgIpc) is 2.83. The largest absolute Gasteiger partial charge is 0.338 e. The third kappa shape index (κ3) is 3.84. The number of carbonyl (C=O) groups excluding carboxylic acids is 3. The molecule has 1 unspecified atom stereocenters. The van der Waals surface area contributed by atoms with Crippen molar-refractivity contribution in [2.24, 2.45) is 5.92 Å². The van der Waals surface area contributed by atoms with Gasteiger partial charge in [0.25, 0.3) is 0 Å². The summed E-state index contributed by atoms with van der Waals surface area (Å²) in [6.07, 6.45) is 3.68. The number of halogens is 2. The fourth-order valence-corrected chi connectivity index (χ4v) is 4.19. The Kier molecular flexibility index (Phi) is 5.81. The number of benzene rings is 1. The van der Waals surface area contributed by atoms with E-state index in [4.69, 9.17) is 11.6 Å². The van der Waals surface area contributed by atoms with E-state index in [9.17, 15) is 18.8 Å². The Morgan fingerprint density at radius 3 is 2.56 bits per heavy atom. The van der Waals surface area contributed by atoms with Gasteiger partial charge in [0.1, 0.15) is 12.4 Å². The molecule has 2 aliphatic rings. The van der Waals surface area contributed by atoms with E-state index in [-0.39, 0.29) is 25.2 Å². The van der Waals surface area contributed by atoms with E-state index < -0.39 is 23.7 Å². The highest BCUT2D eigenvalue weighted by atomic mass is 35.5. The van der Waals surface area contributed by atoms with Crippen LogP contribution in [0.2, 0.25) is 5.02 Å². The molecule has 1 aliphatic heterocycles.